The Balaban J connectivity index is 1.56. The molecule has 0 amide bonds. The summed E-state index contributed by atoms with van der Waals surface area (Å²) in [5.41, 5.74) is 1.79. The van der Waals surface area contributed by atoms with Crippen LogP contribution >= 0.6 is 22.7 Å². The standard InChI is InChI=1S/C20H12N2O4S2/c23-15-10-16(24)12(14-9-18(26-22-14)20-4-2-6-28-20)7-11(15)13-8-17(25-21-13)19-3-1-5-27-19/h1-10,23-24H. The van der Waals surface area contributed by atoms with E-state index in [2.05, 4.69) is 10.3 Å². The zero-order valence-electron chi connectivity index (χ0n) is 14.2. The zero-order chi connectivity index (χ0) is 19.1. The number of hydrogen-bond acceptors (Lipinski definition) is 8. The Bertz CT molecular complexity index is 1140. The quantitative estimate of drug-likeness (QED) is 0.387. The van der Waals surface area contributed by atoms with Crippen LogP contribution < -0.4 is 0 Å². The maximum absolute atomic E-state index is 10.3. The van der Waals surface area contributed by atoms with Gasteiger partial charge in [0.2, 0.25) is 0 Å². The van der Waals surface area contributed by atoms with Gasteiger partial charge in [-0.05, 0) is 29.0 Å². The highest BCUT2D eigenvalue weighted by Crippen LogP contribution is 2.41. The predicted octanol–water partition coefficient (Wildman–Crippen LogP) is 5.86. The number of hydrogen-bond donors (Lipinski definition) is 2. The van der Waals surface area contributed by atoms with Crippen molar-refractivity contribution in [3.05, 3.63) is 59.3 Å². The lowest BCUT2D eigenvalue weighted by atomic mass is 10.0. The van der Waals surface area contributed by atoms with Crippen LogP contribution in [-0.2, 0) is 0 Å². The summed E-state index contributed by atoms with van der Waals surface area (Å²) in [6.07, 6.45) is 0. The maximum atomic E-state index is 10.3. The molecule has 5 aromatic rings. The van der Waals surface area contributed by atoms with Crippen molar-refractivity contribution in [3.63, 3.8) is 0 Å². The molecule has 0 unspecified atom stereocenters. The van der Waals surface area contributed by atoms with Gasteiger partial charge in [-0.1, -0.05) is 22.4 Å². The highest BCUT2D eigenvalue weighted by molar-refractivity contribution is 7.13. The maximum Gasteiger partial charge on any atom is 0.177 e. The summed E-state index contributed by atoms with van der Waals surface area (Å²) in [6, 6.07) is 14.1. The SMILES string of the molecule is Oc1cc(O)c(-c2cc(-c3cccs3)on2)cc1-c1cc(-c2cccs2)on1. The van der Waals surface area contributed by atoms with E-state index in [1.54, 1.807) is 18.2 Å². The van der Waals surface area contributed by atoms with E-state index in [-0.39, 0.29) is 11.5 Å². The van der Waals surface area contributed by atoms with Gasteiger partial charge in [-0.15, -0.1) is 22.7 Å². The Hall–Kier alpha value is -3.36. The summed E-state index contributed by atoms with van der Waals surface area (Å²) in [4.78, 5) is 1.88. The predicted molar refractivity (Wildman–Crippen MR) is 107 cm³/mol. The highest BCUT2D eigenvalue weighted by Gasteiger charge is 2.19. The van der Waals surface area contributed by atoms with Gasteiger partial charge in [0, 0.05) is 29.3 Å². The topological polar surface area (TPSA) is 92.5 Å². The molecule has 0 aliphatic heterocycles. The first-order valence-corrected chi connectivity index (χ1v) is 10.0. The van der Waals surface area contributed by atoms with Crippen LogP contribution in [0.25, 0.3) is 43.8 Å². The van der Waals surface area contributed by atoms with Crippen LogP contribution in [0, 0.1) is 0 Å². The first-order valence-electron chi connectivity index (χ1n) is 8.27. The molecule has 4 heterocycles. The van der Waals surface area contributed by atoms with Gasteiger partial charge in [0.1, 0.15) is 22.9 Å². The molecular formula is C20H12N2O4S2. The van der Waals surface area contributed by atoms with Crippen molar-refractivity contribution in [3.8, 4) is 55.3 Å². The molecule has 2 N–H and O–H groups in total. The highest BCUT2D eigenvalue weighted by atomic mass is 32.1. The molecule has 0 radical (unpaired) electrons. The molecule has 0 aliphatic carbocycles. The van der Waals surface area contributed by atoms with E-state index in [9.17, 15) is 10.2 Å². The van der Waals surface area contributed by atoms with Crippen molar-refractivity contribution in [2.24, 2.45) is 0 Å². The summed E-state index contributed by atoms with van der Waals surface area (Å²) in [5, 5.41) is 32.7. The summed E-state index contributed by atoms with van der Waals surface area (Å²) in [5.74, 6) is 1.02. The zero-order valence-corrected chi connectivity index (χ0v) is 15.8. The number of phenols is 2. The molecule has 5 rings (SSSR count). The lowest BCUT2D eigenvalue weighted by Gasteiger charge is -2.06. The monoisotopic (exact) mass is 408 g/mol. The molecule has 0 saturated heterocycles. The number of phenolic OH excluding ortho intramolecular Hbond substituents is 2. The smallest absolute Gasteiger partial charge is 0.177 e. The van der Waals surface area contributed by atoms with Crippen molar-refractivity contribution in [2.45, 2.75) is 0 Å². The van der Waals surface area contributed by atoms with Gasteiger partial charge in [0.05, 0.1) is 9.75 Å². The van der Waals surface area contributed by atoms with E-state index in [0.29, 0.717) is 34.0 Å². The molecule has 0 saturated carbocycles. The number of rotatable bonds is 4. The van der Waals surface area contributed by atoms with E-state index in [1.807, 2.05) is 35.0 Å². The first-order chi connectivity index (χ1) is 13.7. The van der Waals surface area contributed by atoms with Gasteiger partial charge in [0.25, 0.3) is 0 Å². The van der Waals surface area contributed by atoms with Crippen LogP contribution in [-0.4, -0.2) is 20.5 Å². The average molecular weight is 408 g/mol. The van der Waals surface area contributed by atoms with Crippen molar-refractivity contribution < 1.29 is 19.3 Å². The van der Waals surface area contributed by atoms with Crippen LogP contribution in [0.4, 0.5) is 0 Å². The van der Waals surface area contributed by atoms with Crippen molar-refractivity contribution in [1.29, 1.82) is 0 Å². The Morgan fingerprint density at radius 2 is 1.18 bits per heavy atom. The summed E-state index contributed by atoms with van der Waals surface area (Å²) in [7, 11) is 0. The van der Waals surface area contributed by atoms with Gasteiger partial charge in [-0.3, -0.25) is 0 Å². The number of nitrogens with zero attached hydrogens (tertiary/aromatic N) is 2. The van der Waals surface area contributed by atoms with Crippen molar-refractivity contribution >= 4 is 22.7 Å². The summed E-state index contributed by atoms with van der Waals surface area (Å²) < 4.78 is 10.8. The fraction of sp³-hybridized carbons (Fsp3) is 0. The largest absolute Gasteiger partial charge is 0.507 e. The van der Waals surface area contributed by atoms with Crippen molar-refractivity contribution in [1.82, 2.24) is 10.3 Å². The molecule has 138 valence electrons. The minimum atomic E-state index is -0.103. The van der Waals surface area contributed by atoms with E-state index < -0.39 is 0 Å². The molecule has 6 nitrogen and oxygen atoms in total. The Kier molecular flexibility index (Phi) is 4.00. The fourth-order valence-electron chi connectivity index (χ4n) is 2.86. The van der Waals surface area contributed by atoms with Crippen LogP contribution in [0.5, 0.6) is 11.5 Å². The van der Waals surface area contributed by atoms with Gasteiger partial charge < -0.3 is 19.3 Å². The minimum Gasteiger partial charge on any atom is -0.507 e. The van der Waals surface area contributed by atoms with Crippen LogP contribution in [0.3, 0.4) is 0 Å². The Morgan fingerprint density at radius 3 is 1.61 bits per heavy atom. The van der Waals surface area contributed by atoms with Gasteiger partial charge >= 0.3 is 0 Å². The lowest BCUT2D eigenvalue weighted by molar-refractivity contribution is 0.431. The third-order valence-corrected chi connectivity index (χ3v) is 5.98. The molecule has 0 bridgehead atoms. The third-order valence-electron chi connectivity index (χ3n) is 4.21. The molecular weight excluding hydrogens is 396 g/mol. The van der Waals surface area contributed by atoms with E-state index in [1.165, 1.54) is 28.7 Å². The van der Waals surface area contributed by atoms with Crippen LogP contribution in [0.2, 0.25) is 0 Å². The number of benzene rings is 1. The molecule has 0 fully saturated rings. The fourth-order valence-corrected chi connectivity index (χ4v) is 4.21. The summed E-state index contributed by atoms with van der Waals surface area (Å²) in [6.45, 7) is 0. The second-order valence-corrected chi connectivity index (χ2v) is 7.89. The Morgan fingerprint density at radius 1 is 0.679 bits per heavy atom. The Labute approximate surface area is 166 Å². The molecule has 0 atom stereocenters. The minimum absolute atomic E-state index is 0.103. The number of aromatic nitrogens is 2. The normalized spacial score (nSPS) is 11.1. The molecule has 0 spiro atoms. The van der Waals surface area contributed by atoms with Crippen LogP contribution in [0.1, 0.15) is 0 Å². The average Bonchev–Trinajstić information content (AvgIpc) is 3.49. The van der Waals surface area contributed by atoms with Crippen LogP contribution in [0.15, 0.2) is 68.3 Å². The molecule has 8 heteroatoms. The van der Waals surface area contributed by atoms with Gasteiger partial charge in [-0.25, -0.2) is 0 Å². The number of aromatic hydroxyl groups is 2. The first kappa shape index (κ1) is 16.8. The third kappa shape index (κ3) is 2.88. The van der Waals surface area contributed by atoms with Gasteiger partial charge in [0.15, 0.2) is 11.5 Å². The van der Waals surface area contributed by atoms with E-state index in [4.69, 9.17) is 9.05 Å². The molecule has 28 heavy (non-hydrogen) atoms. The van der Waals surface area contributed by atoms with Crippen molar-refractivity contribution in [2.75, 3.05) is 0 Å². The van der Waals surface area contributed by atoms with E-state index in [0.717, 1.165) is 9.75 Å². The van der Waals surface area contributed by atoms with Gasteiger partial charge in [-0.2, -0.15) is 0 Å². The molecule has 1 aromatic carbocycles. The number of thiophene rings is 2. The summed E-state index contributed by atoms with van der Waals surface area (Å²) >= 11 is 3.07. The molecule has 4 aromatic heterocycles. The lowest BCUT2D eigenvalue weighted by Crippen LogP contribution is -1.84. The van der Waals surface area contributed by atoms with E-state index >= 15 is 0 Å². The molecule has 0 aliphatic rings. The second-order valence-electron chi connectivity index (χ2n) is 5.99. The second kappa shape index (κ2) is 6.66.